The van der Waals surface area contributed by atoms with E-state index in [-0.39, 0.29) is 35.8 Å². The van der Waals surface area contributed by atoms with E-state index >= 15 is 0 Å². The van der Waals surface area contributed by atoms with Crippen LogP contribution < -0.4 is 9.47 Å². The summed E-state index contributed by atoms with van der Waals surface area (Å²) >= 11 is 0. The van der Waals surface area contributed by atoms with Gasteiger partial charge in [-0.2, -0.15) is 13.2 Å². The number of hydrogen-bond donors (Lipinski definition) is 1. The maximum absolute atomic E-state index is 13.8. The van der Waals surface area contributed by atoms with Crippen molar-refractivity contribution in [2.24, 2.45) is 0 Å². The molecule has 200 valence electrons. The third-order valence-electron chi connectivity index (χ3n) is 6.95. The van der Waals surface area contributed by atoms with E-state index in [1.807, 2.05) is 13.2 Å². The summed E-state index contributed by atoms with van der Waals surface area (Å²) in [5.74, 6) is -0.465. The van der Waals surface area contributed by atoms with E-state index in [1.54, 1.807) is 30.3 Å². The number of hydrogen-bond acceptors (Lipinski definition) is 3. The Labute approximate surface area is 217 Å². The molecule has 0 aliphatic carbocycles. The zero-order valence-electron chi connectivity index (χ0n) is 20.7. The van der Waals surface area contributed by atoms with E-state index in [0.29, 0.717) is 24.8 Å². The first-order valence-electron chi connectivity index (χ1n) is 12.4. The van der Waals surface area contributed by atoms with Crippen LogP contribution >= 0.6 is 0 Å². The van der Waals surface area contributed by atoms with Crippen LogP contribution in [0, 0.1) is 11.6 Å². The molecule has 0 bridgehead atoms. The van der Waals surface area contributed by atoms with E-state index in [2.05, 4.69) is 9.88 Å². The highest BCUT2D eigenvalue weighted by Crippen LogP contribution is 2.40. The van der Waals surface area contributed by atoms with Crippen molar-refractivity contribution in [2.45, 2.75) is 38.1 Å². The molecule has 0 fully saturated rings. The van der Waals surface area contributed by atoms with Crippen LogP contribution in [0.4, 0.5) is 22.0 Å². The van der Waals surface area contributed by atoms with Crippen LogP contribution in [-0.4, -0.2) is 36.3 Å². The summed E-state index contributed by atoms with van der Waals surface area (Å²) in [6.45, 7) is -0.623. The Morgan fingerprint density at radius 2 is 1.68 bits per heavy atom. The molecule has 0 radical (unpaired) electrons. The normalized spacial score (nSPS) is 16.0. The first kappa shape index (κ1) is 26.0. The molecule has 0 spiro atoms. The molecule has 0 amide bonds. The second-order valence-corrected chi connectivity index (χ2v) is 9.61. The Morgan fingerprint density at radius 1 is 0.947 bits per heavy atom. The molecule has 0 saturated heterocycles. The lowest BCUT2D eigenvalue weighted by atomic mass is 9.88. The van der Waals surface area contributed by atoms with Gasteiger partial charge < -0.3 is 14.5 Å². The van der Waals surface area contributed by atoms with Gasteiger partial charge in [-0.25, -0.2) is 8.78 Å². The van der Waals surface area contributed by atoms with Crippen molar-refractivity contribution in [3.05, 3.63) is 94.7 Å². The maximum Gasteiger partial charge on any atom is 0.422 e. The Balaban J connectivity index is 1.41. The zero-order chi connectivity index (χ0) is 26.9. The highest BCUT2D eigenvalue weighted by Gasteiger charge is 2.31. The van der Waals surface area contributed by atoms with Gasteiger partial charge in [0.25, 0.3) is 0 Å². The second-order valence-electron chi connectivity index (χ2n) is 9.61. The van der Waals surface area contributed by atoms with Crippen molar-refractivity contribution in [3.63, 3.8) is 0 Å². The molecule has 4 nitrogen and oxygen atoms in total. The lowest BCUT2D eigenvalue weighted by molar-refractivity contribution is -0.153. The van der Waals surface area contributed by atoms with Gasteiger partial charge in [-0.1, -0.05) is 12.1 Å². The van der Waals surface area contributed by atoms with Crippen LogP contribution in [0.15, 0.2) is 60.8 Å². The number of rotatable bonds is 8. The summed E-state index contributed by atoms with van der Waals surface area (Å²) < 4.78 is 77.2. The van der Waals surface area contributed by atoms with Crippen LogP contribution in [0.25, 0.3) is 10.9 Å². The van der Waals surface area contributed by atoms with E-state index < -0.39 is 12.8 Å². The Morgan fingerprint density at radius 3 is 2.45 bits per heavy atom. The number of aromatic amines is 1. The zero-order valence-corrected chi connectivity index (χ0v) is 20.7. The highest BCUT2D eigenvalue weighted by molar-refractivity contribution is 5.83. The van der Waals surface area contributed by atoms with Gasteiger partial charge in [0.1, 0.15) is 18.2 Å². The standard InChI is InChI=1S/C29H27F5N2O2/c1-36-11-10-19-12-27(37-16-18-2-5-21(30)6-3-18)28(38-17-29(32,33)34)14-24(19)26(36)9-4-20-15-35-25-8-7-22(31)13-23(20)25/h2-3,5-8,12-15,26,35H,4,9-11,16-17H2,1H3. The van der Waals surface area contributed by atoms with Crippen molar-refractivity contribution in [3.8, 4) is 11.5 Å². The smallest absolute Gasteiger partial charge is 0.422 e. The van der Waals surface area contributed by atoms with Crippen molar-refractivity contribution in [1.29, 1.82) is 0 Å². The number of ether oxygens (including phenoxy) is 2. The average Bonchev–Trinajstić information content (AvgIpc) is 3.28. The fourth-order valence-electron chi connectivity index (χ4n) is 4.99. The largest absolute Gasteiger partial charge is 0.485 e. The Hall–Kier alpha value is -3.59. The lowest BCUT2D eigenvalue weighted by Crippen LogP contribution is -2.32. The minimum absolute atomic E-state index is 0.0117. The first-order chi connectivity index (χ1) is 18.2. The molecule has 4 aromatic rings. The minimum Gasteiger partial charge on any atom is -0.485 e. The van der Waals surface area contributed by atoms with E-state index in [4.69, 9.17) is 9.47 Å². The fourth-order valence-corrected chi connectivity index (χ4v) is 4.99. The molecule has 1 atom stereocenters. The number of alkyl halides is 3. The van der Waals surface area contributed by atoms with Crippen LogP contribution in [0.3, 0.4) is 0 Å². The molecular formula is C29H27F5N2O2. The third kappa shape index (κ3) is 5.93. The van der Waals surface area contributed by atoms with Crippen LogP contribution in [0.2, 0.25) is 0 Å². The van der Waals surface area contributed by atoms with Crippen LogP contribution in [0.5, 0.6) is 11.5 Å². The summed E-state index contributed by atoms with van der Waals surface area (Å²) in [5, 5.41) is 0.822. The molecule has 1 aromatic heterocycles. The molecule has 1 aliphatic rings. The van der Waals surface area contributed by atoms with E-state index in [0.717, 1.165) is 34.1 Å². The monoisotopic (exact) mass is 530 g/mol. The number of H-pyrrole nitrogens is 1. The Bertz CT molecular complexity index is 1420. The summed E-state index contributed by atoms with van der Waals surface area (Å²) in [4.78, 5) is 5.34. The molecule has 5 rings (SSSR count). The number of benzene rings is 3. The predicted molar refractivity (Wildman–Crippen MR) is 134 cm³/mol. The predicted octanol–water partition coefficient (Wildman–Crippen LogP) is 7.13. The number of aryl methyl sites for hydroxylation is 1. The molecule has 2 heterocycles. The molecule has 1 N–H and O–H groups in total. The van der Waals surface area contributed by atoms with Gasteiger partial charge in [0.15, 0.2) is 18.1 Å². The summed E-state index contributed by atoms with van der Waals surface area (Å²) in [6, 6.07) is 13.7. The molecule has 3 aromatic carbocycles. The maximum atomic E-state index is 13.8. The molecule has 0 saturated carbocycles. The van der Waals surface area contributed by atoms with Gasteiger partial charge in [0, 0.05) is 29.7 Å². The molecule has 38 heavy (non-hydrogen) atoms. The topological polar surface area (TPSA) is 37.5 Å². The molecule has 1 unspecified atom stereocenters. The number of likely N-dealkylation sites (N-methyl/N-ethyl adjacent to an activating group) is 1. The van der Waals surface area contributed by atoms with Gasteiger partial charge in [0.05, 0.1) is 0 Å². The lowest BCUT2D eigenvalue weighted by Gasteiger charge is -2.35. The van der Waals surface area contributed by atoms with Gasteiger partial charge in [-0.15, -0.1) is 0 Å². The summed E-state index contributed by atoms with van der Waals surface area (Å²) in [6.07, 6.45) is -0.600. The van der Waals surface area contributed by atoms with Crippen molar-refractivity contribution in [1.82, 2.24) is 9.88 Å². The van der Waals surface area contributed by atoms with Gasteiger partial charge in [0.2, 0.25) is 0 Å². The van der Waals surface area contributed by atoms with Crippen LogP contribution in [0.1, 0.15) is 34.7 Å². The first-order valence-corrected chi connectivity index (χ1v) is 12.4. The molecule has 1 aliphatic heterocycles. The van der Waals surface area contributed by atoms with Crippen LogP contribution in [-0.2, 0) is 19.4 Å². The number of fused-ring (bicyclic) bond motifs is 2. The molecule has 9 heteroatoms. The average molecular weight is 531 g/mol. The highest BCUT2D eigenvalue weighted by atomic mass is 19.4. The van der Waals surface area contributed by atoms with E-state index in [1.165, 1.54) is 24.3 Å². The van der Waals surface area contributed by atoms with E-state index in [9.17, 15) is 22.0 Å². The van der Waals surface area contributed by atoms with Crippen molar-refractivity contribution >= 4 is 10.9 Å². The second kappa shape index (κ2) is 10.6. The van der Waals surface area contributed by atoms with Gasteiger partial charge in [-0.05, 0) is 91.0 Å². The van der Waals surface area contributed by atoms with Gasteiger partial charge >= 0.3 is 6.18 Å². The van der Waals surface area contributed by atoms with Crippen molar-refractivity contribution < 1.29 is 31.4 Å². The number of aromatic nitrogens is 1. The fraction of sp³-hybridized carbons (Fsp3) is 0.310. The van der Waals surface area contributed by atoms with Gasteiger partial charge in [-0.3, -0.25) is 4.90 Å². The Kier molecular flexibility index (Phi) is 7.29. The number of nitrogens with one attached hydrogen (secondary N) is 1. The SMILES string of the molecule is CN1CCc2cc(OCc3ccc(F)cc3)c(OCC(F)(F)F)cc2C1CCc1c[nH]c2ccc(F)cc12. The quantitative estimate of drug-likeness (QED) is 0.246. The number of nitrogens with zero attached hydrogens (tertiary/aromatic N) is 1. The van der Waals surface area contributed by atoms with Crippen molar-refractivity contribution in [2.75, 3.05) is 20.2 Å². The third-order valence-corrected chi connectivity index (χ3v) is 6.95. The summed E-state index contributed by atoms with van der Waals surface area (Å²) in [5.41, 5.74) is 4.37. The number of halogens is 5. The summed E-state index contributed by atoms with van der Waals surface area (Å²) in [7, 11) is 1.98. The molecular weight excluding hydrogens is 503 g/mol. The minimum atomic E-state index is -4.51.